The molecule has 0 bridgehead atoms. The van der Waals surface area contributed by atoms with Gasteiger partial charge in [0.1, 0.15) is 5.82 Å². The maximum atomic E-state index is 14.1. The molecule has 1 aliphatic rings. The van der Waals surface area contributed by atoms with Crippen LogP contribution in [0, 0.1) is 12.4 Å². The number of carbonyl (C=O) groups is 1. The molecule has 6 heteroatoms. The fourth-order valence-electron chi connectivity index (χ4n) is 5.49. The second-order valence-corrected chi connectivity index (χ2v) is 10.9. The van der Waals surface area contributed by atoms with Gasteiger partial charge in [-0.2, -0.15) is 0 Å². The second kappa shape index (κ2) is 11.8. The van der Waals surface area contributed by atoms with Crippen LogP contribution in [0.15, 0.2) is 84.9 Å². The van der Waals surface area contributed by atoms with Gasteiger partial charge in [-0.3, -0.25) is 4.79 Å². The summed E-state index contributed by atoms with van der Waals surface area (Å²) >= 11 is 0. The molecule has 4 aromatic rings. The zero-order valence-electron chi connectivity index (χ0n) is 23.5. The Morgan fingerprint density at radius 1 is 0.975 bits per heavy atom. The Bertz CT molecular complexity index is 1440. The maximum Gasteiger partial charge on any atom is 0.258 e. The number of ether oxygens (including phenoxy) is 2. The molecule has 207 valence electrons. The van der Waals surface area contributed by atoms with E-state index >= 15 is 0 Å². The first-order valence-electron chi connectivity index (χ1n) is 13.8. The quantitative estimate of drug-likeness (QED) is 0.244. The van der Waals surface area contributed by atoms with Gasteiger partial charge in [-0.1, -0.05) is 62.4 Å². The number of hydrogen-bond donors (Lipinski definition) is 1. The topological polar surface area (TPSA) is 52.5 Å². The summed E-state index contributed by atoms with van der Waals surface area (Å²) in [5.74, 6) is -1.13. The van der Waals surface area contributed by atoms with Crippen molar-refractivity contribution >= 4 is 11.6 Å². The Hall–Kier alpha value is -3.74. The molecule has 1 unspecified atom stereocenters. The molecular weight excluding hydrogens is 503 g/mol. The van der Waals surface area contributed by atoms with Gasteiger partial charge in [0.2, 0.25) is 0 Å². The molecule has 1 N–H and O–H groups in total. The molecule has 0 aliphatic carbocycles. The molecule has 1 aromatic heterocycles. The number of nitrogens with zero attached hydrogens (tertiary/aromatic N) is 1. The highest BCUT2D eigenvalue weighted by atomic mass is 19.1. The number of aromatic nitrogens is 1. The molecule has 5 rings (SSSR count). The van der Waals surface area contributed by atoms with Crippen LogP contribution in [0.25, 0.3) is 22.4 Å². The maximum absolute atomic E-state index is 14.1. The molecule has 1 atom stereocenters. The number of amides is 1. The van der Waals surface area contributed by atoms with E-state index in [1.54, 1.807) is 12.1 Å². The normalized spacial score (nSPS) is 16.7. The Labute approximate surface area is 235 Å². The highest BCUT2D eigenvalue weighted by Gasteiger charge is 2.33. The van der Waals surface area contributed by atoms with E-state index in [9.17, 15) is 9.18 Å². The Morgan fingerprint density at radius 2 is 1.62 bits per heavy atom. The predicted octanol–water partition coefficient (Wildman–Crippen LogP) is 8.43. The summed E-state index contributed by atoms with van der Waals surface area (Å²) < 4.78 is 28.2. The Morgan fingerprint density at radius 3 is 2.25 bits per heavy atom. The van der Waals surface area contributed by atoms with E-state index in [0.717, 1.165) is 40.2 Å². The minimum absolute atomic E-state index is 0.0333. The van der Waals surface area contributed by atoms with Crippen molar-refractivity contribution in [2.75, 3.05) is 5.32 Å². The third kappa shape index (κ3) is 6.03. The van der Waals surface area contributed by atoms with Gasteiger partial charge < -0.3 is 19.4 Å². The first-order chi connectivity index (χ1) is 19.2. The monoisotopic (exact) mass is 539 g/mol. The lowest BCUT2D eigenvalue weighted by atomic mass is 9.94. The zero-order valence-corrected chi connectivity index (χ0v) is 23.5. The molecule has 1 saturated heterocycles. The first kappa shape index (κ1) is 27.8. The highest BCUT2D eigenvalue weighted by molar-refractivity contribution is 6.12. The second-order valence-electron chi connectivity index (χ2n) is 10.9. The van der Waals surface area contributed by atoms with Crippen molar-refractivity contribution in [3.05, 3.63) is 109 Å². The van der Waals surface area contributed by atoms with E-state index in [1.807, 2.05) is 81.1 Å². The minimum atomic E-state index is -0.684. The van der Waals surface area contributed by atoms with Gasteiger partial charge in [0.15, 0.2) is 5.79 Å². The van der Waals surface area contributed by atoms with Gasteiger partial charge in [-0.15, -0.1) is 0 Å². The number of benzene rings is 3. The van der Waals surface area contributed by atoms with Crippen LogP contribution in [0.2, 0.25) is 0 Å². The molecular formula is C34H36FN2O3. The summed E-state index contributed by atoms with van der Waals surface area (Å²) in [6.07, 6.45) is 1.37. The lowest BCUT2D eigenvalue weighted by Crippen LogP contribution is -2.38. The summed E-state index contributed by atoms with van der Waals surface area (Å²) in [7, 11) is 0. The third-order valence-corrected chi connectivity index (χ3v) is 7.14. The average molecular weight is 540 g/mol. The van der Waals surface area contributed by atoms with Gasteiger partial charge in [0.05, 0.1) is 24.0 Å². The van der Waals surface area contributed by atoms with Gasteiger partial charge in [0.25, 0.3) is 5.91 Å². The predicted molar refractivity (Wildman–Crippen MR) is 157 cm³/mol. The lowest BCUT2D eigenvalue weighted by Gasteiger charge is -2.36. The van der Waals surface area contributed by atoms with E-state index in [0.29, 0.717) is 18.5 Å². The van der Waals surface area contributed by atoms with Crippen molar-refractivity contribution in [2.45, 2.75) is 64.9 Å². The molecule has 2 heterocycles. The molecule has 3 aromatic carbocycles. The number of rotatable bonds is 8. The van der Waals surface area contributed by atoms with Crippen LogP contribution in [-0.4, -0.2) is 22.4 Å². The molecule has 0 spiro atoms. The van der Waals surface area contributed by atoms with Crippen molar-refractivity contribution in [3.63, 3.8) is 0 Å². The van der Waals surface area contributed by atoms with E-state index < -0.39 is 5.79 Å². The van der Waals surface area contributed by atoms with Gasteiger partial charge >= 0.3 is 0 Å². The number of anilines is 1. The fourth-order valence-corrected chi connectivity index (χ4v) is 5.49. The highest BCUT2D eigenvalue weighted by Crippen LogP contribution is 2.43. The van der Waals surface area contributed by atoms with Crippen molar-refractivity contribution < 1.29 is 18.7 Å². The SMILES string of the molecule is CC(C)c1c(C(=O)Nc2ccccc2)c(-c2ccccc2)c(-c2ccc(F)cc2)n1CCC1C[CH]OC(C)(C)O1. The first-order valence-corrected chi connectivity index (χ1v) is 13.8. The number of carbonyl (C=O) groups excluding carboxylic acids is 1. The molecule has 1 amide bonds. The van der Waals surface area contributed by atoms with Crippen molar-refractivity contribution in [3.8, 4) is 22.4 Å². The van der Waals surface area contributed by atoms with Gasteiger partial charge in [-0.05, 0) is 73.7 Å². The Balaban J connectivity index is 1.70. The summed E-state index contributed by atoms with van der Waals surface area (Å²) in [6.45, 7) is 10.5. The van der Waals surface area contributed by atoms with Gasteiger partial charge in [0, 0.05) is 29.9 Å². The minimum Gasteiger partial charge on any atom is -0.347 e. The summed E-state index contributed by atoms with van der Waals surface area (Å²) in [5, 5.41) is 3.12. The van der Waals surface area contributed by atoms with Crippen molar-refractivity contribution in [1.82, 2.24) is 4.57 Å². The third-order valence-electron chi connectivity index (χ3n) is 7.14. The van der Waals surface area contributed by atoms with E-state index in [1.165, 1.54) is 12.1 Å². The number of para-hydroxylation sites is 1. The molecule has 1 aliphatic heterocycles. The largest absolute Gasteiger partial charge is 0.347 e. The standard InChI is InChI=1S/C34H36FN2O3/c1-23(2)31-30(33(38)36-27-13-9-6-10-14-27)29(24-11-7-5-8-12-24)32(25-15-17-26(35)18-16-25)37(31)21-19-28-20-22-39-34(3,4)40-28/h5-18,22-23,28H,19-21H2,1-4H3,(H,36,38). The summed E-state index contributed by atoms with van der Waals surface area (Å²) in [6, 6.07) is 26.0. The average Bonchev–Trinajstić information content (AvgIpc) is 3.28. The van der Waals surface area contributed by atoms with Crippen LogP contribution in [0.3, 0.4) is 0 Å². The number of nitrogens with one attached hydrogen (secondary N) is 1. The van der Waals surface area contributed by atoms with Crippen LogP contribution in [0.4, 0.5) is 10.1 Å². The van der Waals surface area contributed by atoms with Crippen molar-refractivity contribution in [2.24, 2.45) is 0 Å². The number of halogens is 1. The van der Waals surface area contributed by atoms with Crippen LogP contribution in [-0.2, 0) is 16.0 Å². The van der Waals surface area contributed by atoms with E-state index in [4.69, 9.17) is 9.47 Å². The van der Waals surface area contributed by atoms with E-state index in [2.05, 4.69) is 23.7 Å². The molecule has 1 radical (unpaired) electrons. The van der Waals surface area contributed by atoms with Crippen LogP contribution in [0.5, 0.6) is 0 Å². The summed E-state index contributed by atoms with van der Waals surface area (Å²) in [4.78, 5) is 14.1. The fraction of sp³-hybridized carbons (Fsp3) is 0.294. The smallest absolute Gasteiger partial charge is 0.258 e. The molecule has 1 fully saturated rings. The lowest BCUT2D eigenvalue weighted by molar-refractivity contribution is -0.253. The van der Waals surface area contributed by atoms with Crippen LogP contribution < -0.4 is 5.32 Å². The van der Waals surface area contributed by atoms with Crippen LogP contribution in [0.1, 0.15) is 62.5 Å². The van der Waals surface area contributed by atoms with Crippen LogP contribution >= 0.6 is 0 Å². The summed E-state index contributed by atoms with van der Waals surface area (Å²) in [5.41, 5.74) is 5.79. The molecule has 40 heavy (non-hydrogen) atoms. The zero-order chi connectivity index (χ0) is 28.3. The van der Waals surface area contributed by atoms with Crippen molar-refractivity contribution in [1.29, 1.82) is 0 Å². The van der Waals surface area contributed by atoms with Gasteiger partial charge in [-0.25, -0.2) is 4.39 Å². The number of hydrogen-bond acceptors (Lipinski definition) is 3. The Kier molecular flexibility index (Phi) is 8.19. The molecule has 0 saturated carbocycles. The van der Waals surface area contributed by atoms with E-state index in [-0.39, 0.29) is 23.7 Å². The molecule has 5 nitrogen and oxygen atoms in total.